The van der Waals surface area contributed by atoms with E-state index >= 15 is 0 Å². The van der Waals surface area contributed by atoms with Crippen LogP contribution in [-0.4, -0.2) is 48.4 Å². The van der Waals surface area contributed by atoms with Crippen molar-refractivity contribution in [3.8, 4) is 0 Å². The molecule has 0 aliphatic carbocycles. The number of aliphatic hydroxyl groups excluding tert-OH is 1. The molecule has 0 spiro atoms. The highest BCUT2D eigenvalue weighted by Crippen LogP contribution is 2.26. The van der Waals surface area contributed by atoms with Crippen LogP contribution in [0.2, 0.25) is 5.15 Å². The summed E-state index contributed by atoms with van der Waals surface area (Å²) >= 11 is 5.72. The van der Waals surface area contributed by atoms with Gasteiger partial charge in [-0.15, -0.1) is 0 Å². The summed E-state index contributed by atoms with van der Waals surface area (Å²) in [5, 5.41) is 19.6. The highest BCUT2D eigenvalue weighted by atomic mass is 35.5. The zero-order valence-electron chi connectivity index (χ0n) is 9.87. The van der Waals surface area contributed by atoms with E-state index in [9.17, 15) is 10.1 Å². The third kappa shape index (κ3) is 4.10. The number of pyridine rings is 1. The van der Waals surface area contributed by atoms with Gasteiger partial charge in [0.1, 0.15) is 5.15 Å². The predicted molar refractivity (Wildman–Crippen MR) is 67.1 cm³/mol. The Bertz CT molecular complexity index is 416. The van der Waals surface area contributed by atoms with Crippen LogP contribution in [0.4, 0.5) is 11.5 Å². The molecule has 0 radical (unpaired) electrons. The quantitative estimate of drug-likeness (QED) is 0.347. The van der Waals surface area contributed by atoms with Crippen molar-refractivity contribution >= 4 is 23.1 Å². The molecule has 18 heavy (non-hydrogen) atoms. The van der Waals surface area contributed by atoms with Crippen molar-refractivity contribution in [3.05, 3.63) is 27.4 Å². The molecule has 0 aromatic carbocycles. The van der Waals surface area contributed by atoms with Crippen LogP contribution in [0.1, 0.15) is 0 Å². The van der Waals surface area contributed by atoms with Gasteiger partial charge in [-0.05, 0) is 6.07 Å². The number of likely N-dealkylation sites (N-methyl/N-ethyl adjacent to an activating group) is 1. The molecule has 0 fully saturated rings. The molecule has 0 atom stereocenters. The fourth-order valence-electron chi connectivity index (χ4n) is 1.32. The van der Waals surface area contributed by atoms with Gasteiger partial charge in [-0.25, -0.2) is 4.98 Å². The maximum Gasteiger partial charge on any atom is 0.311 e. The summed E-state index contributed by atoms with van der Waals surface area (Å²) < 4.78 is 5.08. The van der Waals surface area contributed by atoms with E-state index in [1.54, 1.807) is 11.9 Å². The molecule has 0 bridgehead atoms. The van der Waals surface area contributed by atoms with Gasteiger partial charge in [0.2, 0.25) is 5.82 Å². The van der Waals surface area contributed by atoms with Gasteiger partial charge in [-0.3, -0.25) is 10.1 Å². The first-order valence-corrected chi connectivity index (χ1v) is 5.64. The van der Waals surface area contributed by atoms with Gasteiger partial charge in [0.05, 0.1) is 24.7 Å². The van der Waals surface area contributed by atoms with Crippen molar-refractivity contribution in [3.63, 3.8) is 0 Å². The topological polar surface area (TPSA) is 88.7 Å². The van der Waals surface area contributed by atoms with Crippen molar-refractivity contribution in [2.75, 3.05) is 38.3 Å². The lowest BCUT2D eigenvalue weighted by molar-refractivity contribution is -0.384. The van der Waals surface area contributed by atoms with Gasteiger partial charge < -0.3 is 14.7 Å². The van der Waals surface area contributed by atoms with Gasteiger partial charge in [-0.2, -0.15) is 0 Å². The third-order valence-corrected chi connectivity index (χ3v) is 2.40. The lowest BCUT2D eigenvalue weighted by atomic mass is 10.3. The van der Waals surface area contributed by atoms with Crippen LogP contribution in [-0.2, 0) is 4.74 Å². The van der Waals surface area contributed by atoms with Crippen LogP contribution >= 0.6 is 11.6 Å². The maximum atomic E-state index is 10.8. The average molecular weight is 276 g/mol. The first kappa shape index (κ1) is 14.6. The molecule has 1 aromatic heterocycles. The molecule has 1 N–H and O–H groups in total. The minimum absolute atomic E-state index is 0.0563. The Morgan fingerprint density at radius 3 is 2.89 bits per heavy atom. The zero-order valence-corrected chi connectivity index (χ0v) is 10.6. The van der Waals surface area contributed by atoms with E-state index in [0.29, 0.717) is 13.2 Å². The monoisotopic (exact) mass is 275 g/mol. The Labute approximate surface area is 109 Å². The Hall–Kier alpha value is -1.44. The smallest absolute Gasteiger partial charge is 0.311 e. The largest absolute Gasteiger partial charge is 0.394 e. The van der Waals surface area contributed by atoms with Crippen LogP contribution in [0.3, 0.4) is 0 Å². The number of hydrogen-bond acceptors (Lipinski definition) is 6. The normalized spacial score (nSPS) is 10.4. The SMILES string of the molecule is CN(CCOCCO)c1nc(Cl)ccc1[N+](=O)[O-]. The molecule has 0 amide bonds. The van der Waals surface area contributed by atoms with E-state index in [1.165, 1.54) is 12.1 Å². The summed E-state index contributed by atoms with van der Waals surface area (Å²) in [5.41, 5.74) is -0.107. The standard InChI is InChI=1S/C10H14ClN3O4/c1-13(4-6-18-7-5-15)10-8(14(16)17)2-3-9(11)12-10/h2-3,15H,4-7H2,1H3. The van der Waals surface area contributed by atoms with Crippen LogP contribution in [0.15, 0.2) is 12.1 Å². The molecular weight excluding hydrogens is 262 g/mol. The number of rotatable bonds is 7. The van der Waals surface area contributed by atoms with Gasteiger partial charge in [0.15, 0.2) is 0 Å². The van der Waals surface area contributed by atoms with E-state index in [2.05, 4.69) is 4.98 Å². The number of hydrogen-bond donors (Lipinski definition) is 1. The number of aromatic nitrogens is 1. The predicted octanol–water partition coefficient (Wildman–Crippen LogP) is 1.09. The lowest BCUT2D eigenvalue weighted by Gasteiger charge is -2.17. The Balaban J connectivity index is 2.74. The van der Waals surface area contributed by atoms with Gasteiger partial charge in [0.25, 0.3) is 0 Å². The average Bonchev–Trinajstić information content (AvgIpc) is 2.34. The molecule has 8 heteroatoms. The fraction of sp³-hybridized carbons (Fsp3) is 0.500. The number of nitrogens with zero attached hydrogens (tertiary/aromatic N) is 3. The second kappa shape index (κ2) is 7.10. The number of aliphatic hydroxyl groups is 1. The first-order valence-electron chi connectivity index (χ1n) is 5.27. The summed E-state index contributed by atoms with van der Waals surface area (Å²) in [7, 11) is 1.66. The molecule has 0 saturated heterocycles. The molecule has 100 valence electrons. The summed E-state index contributed by atoms with van der Waals surface area (Å²) in [6.45, 7) is 0.925. The Morgan fingerprint density at radius 2 is 2.28 bits per heavy atom. The fourth-order valence-corrected chi connectivity index (χ4v) is 1.46. The van der Waals surface area contributed by atoms with Crippen molar-refractivity contribution in [2.24, 2.45) is 0 Å². The van der Waals surface area contributed by atoms with Crippen LogP contribution in [0, 0.1) is 10.1 Å². The Morgan fingerprint density at radius 1 is 1.56 bits per heavy atom. The molecule has 7 nitrogen and oxygen atoms in total. The summed E-state index contributed by atoms with van der Waals surface area (Å²) in [6.07, 6.45) is 0. The molecule has 1 heterocycles. The molecule has 1 rings (SSSR count). The number of nitro groups is 1. The molecule has 0 aliphatic heterocycles. The minimum atomic E-state index is -0.510. The summed E-state index contributed by atoms with van der Waals surface area (Å²) in [6, 6.07) is 2.69. The van der Waals surface area contributed by atoms with Gasteiger partial charge in [0, 0.05) is 19.7 Å². The zero-order chi connectivity index (χ0) is 13.5. The molecule has 1 aromatic rings. The highest BCUT2D eigenvalue weighted by molar-refractivity contribution is 6.29. The number of halogens is 1. The molecule has 0 unspecified atom stereocenters. The first-order chi connectivity index (χ1) is 8.56. The van der Waals surface area contributed by atoms with Crippen molar-refractivity contribution < 1.29 is 14.8 Å². The minimum Gasteiger partial charge on any atom is -0.394 e. The summed E-state index contributed by atoms with van der Waals surface area (Å²) in [5.74, 6) is 0.195. The molecule has 0 saturated carbocycles. The van der Waals surface area contributed by atoms with E-state index in [0.717, 1.165) is 0 Å². The van der Waals surface area contributed by atoms with Gasteiger partial charge >= 0.3 is 5.69 Å². The molecular formula is C10H14ClN3O4. The van der Waals surface area contributed by atoms with E-state index in [4.69, 9.17) is 21.4 Å². The van der Waals surface area contributed by atoms with E-state index < -0.39 is 4.92 Å². The second-order valence-corrected chi connectivity index (χ2v) is 3.88. The summed E-state index contributed by atoms with van der Waals surface area (Å²) in [4.78, 5) is 15.9. The third-order valence-electron chi connectivity index (χ3n) is 2.19. The highest BCUT2D eigenvalue weighted by Gasteiger charge is 2.19. The Kier molecular flexibility index (Phi) is 5.76. The van der Waals surface area contributed by atoms with Crippen LogP contribution in [0.5, 0.6) is 0 Å². The lowest BCUT2D eigenvalue weighted by Crippen LogP contribution is -2.25. The van der Waals surface area contributed by atoms with E-state index in [1.807, 2.05) is 0 Å². The van der Waals surface area contributed by atoms with Crippen molar-refractivity contribution in [2.45, 2.75) is 0 Å². The van der Waals surface area contributed by atoms with Crippen LogP contribution < -0.4 is 4.90 Å². The van der Waals surface area contributed by atoms with Crippen molar-refractivity contribution in [1.29, 1.82) is 0 Å². The van der Waals surface area contributed by atoms with Gasteiger partial charge in [-0.1, -0.05) is 11.6 Å². The van der Waals surface area contributed by atoms with E-state index in [-0.39, 0.29) is 29.9 Å². The maximum absolute atomic E-state index is 10.8. The van der Waals surface area contributed by atoms with Crippen LogP contribution in [0.25, 0.3) is 0 Å². The number of ether oxygens (including phenoxy) is 1. The van der Waals surface area contributed by atoms with Crippen molar-refractivity contribution in [1.82, 2.24) is 4.98 Å². The second-order valence-electron chi connectivity index (χ2n) is 3.49. The molecule has 0 aliphatic rings. The number of anilines is 1.